The summed E-state index contributed by atoms with van der Waals surface area (Å²) in [5.41, 5.74) is 1.64. The van der Waals surface area contributed by atoms with Crippen LogP contribution in [0.2, 0.25) is 0 Å². The summed E-state index contributed by atoms with van der Waals surface area (Å²) < 4.78 is 0. The van der Waals surface area contributed by atoms with E-state index in [0.29, 0.717) is 11.8 Å². The van der Waals surface area contributed by atoms with Gasteiger partial charge in [0.25, 0.3) is 0 Å². The van der Waals surface area contributed by atoms with Crippen LogP contribution in [0.5, 0.6) is 0 Å². The Hall–Kier alpha value is -0.820. The Morgan fingerprint density at radius 1 is 1.06 bits per heavy atom. The van der Waals surface area contributed by atoms with Gasteiger partial charge in [0.2, 0.25) is 0 Å². The monoisotopic (exact) mass is 220 g/mol. The molecule has 0 radical (unpaired) electrons. The van der Waals surface area contributed by atoms with Gasteiger partial charge in [-0.2, -0.15) is 0 Å². The molecule has 1 heteroatoms. The maximum absolute atomic E-state index is 10.4. The first-order valence-corrected chi connectivity index (χ1v) is 6.15. The van der Waals surface area contributed by atoms with Gasteiger partial charge in [-0.1, -0.05) is 52.0 Å². The lowest BCUT2D eigenvalue weighted by Gasteiger charge is -2.26. The molecule has 90 valence electrons. The Balaban J connectivity index is 2.88. The Labute approximate surface area is 99.5 Å². The summed E-state index contributed by atoms with van der Waals surface area (Å²) >= 11 is 0. The Kier molecular flexibility index (Phi) is 4.15. The minimum atomic E-state index is -0.705. The SMILES string of the molecule is CC(C)CC(C)(O)c1ccc(C(C)C)cc1. The van der Waals surface area contributed by atoms with E-state index in [2.05, 4.69) is 52.0 Å². The van der Waals surface area contributed by atoms with Crippen molar-refractivity contribution in [2.45, 2.75) is 52.6 Å². The van der Waals surface area contributed by atoms with E-state index in [9.17, 15) is 5.11 Å². The zero-order valence-electron chi connectivity index (χ0n) is 11.1. The summed E-state index contributed by atoms with van der Waals surface area (Å²) in [4.78, 5) is 0. The van der Waals surface area contributed by atoms with Gasteiger partial charge in [-0.05, 0) is 36.3 Å². The third-order valence-corrected chi connectivity index (χ3v) is 3.00. The topological polar surface area (TPSA) is 20.2 Å². The second-order valence-electron chi connectivity index (χ2n) is 5.65. The summed E-state index contributed by atoms with van der Waals surface area (Å²) in [7, 11) is 0. The predicted octanol–water partition coefficient (Wildman–Crippen LogP) is 4.06. The second kappa shape index (κ2) is 5.01. The van der Waals surface area contributed by atoms with Gasteiger partial charge in [-0.25, -0.2) is 0 Å². The van der Waals surface area contributed by atoms with Gasteiger partial charge < -0.3 is 5.11 Å². The van der Waals surface area contributed by atoms with Crippen LogP contribution in [-0.4, -0.2) is 5.11 Å². The molecule has 1 unspecified atom stereocenters. The van der Waals surface area contributed by atoms with Crippen molar-refractivity contribution in [2.75, 3.05) is 0 Å². The molecule has 0 heterocycles. The van der Waals surface area contributed by atoms with Gasteiger partial charge in [0.15, 0.2) is 0 Å². The van der Waals surface area contributed by atoms with Crippen molar-refractivity contribution in [3.63, 3.8) is 0 Å². The zero-order valence-corrected chi connectivity index (χ0v) is 11.1. The molecule has 1 N–H and O–H groups in total. The van der Waals surface area contributed by atoms with E-state index in [-0.39, 0.29) is 0 Å². The van der Waals surface area contributed by atoms with Crippen LogP contribution in [0.4, 0.5) is 0 Å². The highest BCUT2D eigenvalue weighted by atomic mass is 16.3. The standard InChI is InChI=1S/C15H24O/c1-11(2)10-15(5,16)14-8-6-13(7-9-14)12(3)4/h6-9,11-12,16H,10H2,1-5H3. The first kappa shape index (κ1) is 13.2. The van der Waals surface area contributed by atoms with Crippen molar-refractivity contribution in [1.82, 2.24) is 0 Å². The fourth-order valence-corrected chi connectivity index (χ4v) is 2.14. The van der Waals surface area contributed by atoms with Crippen molar-refractivity contribution in [3.8, 4) is 0 Å². The first-order valence-electron chi connectivity index (χ1n) is 6.15. The molecule has 1 aromatic carbocycles. The van der Waals surface area contributed by atoms with Gasteiger partial charge in [0, 0.05) is 0 Å². The van der Waals surface area contributed by atoms with Crippen LogP contribution < -0.4 is 0 Å². The number of hydrogen-bond acceptors (Lipinski definition) is 1. The van der Waals surface area contributed by atoms with E-state index in [1.807, 2.05) is 6.92 Å². The highest BCUT2D eigenvalue weighted by Crippen LogP contribution is 2.29. The minimum absolute atomic E-state index is 0.500. The number of hydrogen-bond donors (Lipinski definition) is 1. The fraction of sp³-hybridized carbons (Fsp3) is 0.600. The van der Waals surface area contributed by atoms with E-state index in [4.69, 9.17) is 0 Å². The molecular formula is C15H24O. The molecule has 0 fully saturated rings. The van der Waals surface area contributed by atoms with E-state index in [0.717, 1.165) is 12.0 Å². The molecule has 1 rings (SSSR count). The Morgan fingerprint density at radius 3 is 1.94 bits per heavy atom. The van der Waals surface area contributed by atoms with Crippen molar-refractivity contribution in [2.24, 2.45) is 5.92 Å². The summed E-state index contributed by atoms with van der Waals surface area (Å²) in [6, 6.07) is 8.35. The molecule has 16 heavy (non-hydrogen) atoms. The molecule has 0 aliphatic rings. The van der Waals surface area contributed by atoms with Crippen LogP contribution in [0.3, 0.4) is 0 Å². The van der Waals surface area contributed by atoms with E-state index >= 15 is 0 Å². The Morgan fingerprint density at radius 2 is 1.56 bits per heavy atom. The molecular weight excluding hydrogens is 196 g/mol. The van der Waals surface area contributed by atoms with E-state index in [1.54, 1.807) is 0 Å². The largest absolute Gasteiger partial charge is 0.385 e. The average molecular weight is 220 g/mol. The third kappa shape index (κ3) is 3.34. The molecule has 0 aliphatic heterocycles. The molecule has 0 amide bonds. The minimum Gasteiger partial charge on any atom is -0.385 e. The van der Waals surface area contributed by atoms with Gasteiger partial charge in [-0.3, -0.25) is 0 Å². The smallest absolute Gasteiger partial charge is 0.0871 e. The van der Waals surface area contributed by atoms with Crippen LogP contribution in [0.25, 0.3) is 0 Å². The molecule has 0 aliphatic carbocycles. The molecule has 0 aromatic heterocycles. The van der Waals surface area contributed by atoms with E-state index < -0.39 is 5.60 Å². The summed E-state index contributed by atoms with van der Waals surface area (Å²) in [6.07, 6.45) is 0.800. The summed E-state index contributed by atoms with van der Waals surface area (Å²) in [5.74, 6) is 1.05. The highest BCUT2D eigenvalue weighted by Gasteiger charge is 2.23. The maximum atomic E-state index is 10.4. The van der Waals surface area contributed by atoms with Crippen LogP contribution in [0.1, 0.15) is 58.1 Å². The third-order valence-electron chi connectivity index (χ3n) is 3.00. The van der Waals surface area contributed by atoms with Gasteiger partial charge >= 0.3 is 0 Å². The first-order chi connectivity index (χ1) is 7.33. The molecule has 0 saturated carbocycles. The lowest BCUT2D eigenvalue weighted by atomic mass is 9.86. The van der Waals surface area contributed by atoms with Crippen LogP contribution in [-0.2, 0) is 5.60 Å². The highest BCUT2D eigenvalue weighted by molar-refractivity contribution is 5.28. The molecule has 0 bridgehead atoms. The van der Waals surface area contributed by atoms with Crippen molar-refractivity contribution in [1.29, 1.82) is 0 Å². The van der Waals surface area contributed by atoms with Crippen molar-refractivity contribution < 1.29 is 5.11 Å². The lowest BCUT2D eigenvalue weighted by molar-refractivity contribution is 0.0348. The van der Waals surface area contributed by atoms with Crippen LogP contribution in [0, 0.1) is 5.92 Å². The second-order valence-corrected chi connectivity index (χ2v) is 5.65. The molecule has 0 saturated heterocycles. The van der Waals surface area contributed by atoms with Gasteiger partial charge in [0.1, 0.15) is 0 Å². The van der Waals surface area contributed by atoms with Crippen molar-refractivity contribution >= 4 is 0 Å². The van der Waals surface area contributed by atoms with Crippen molar-refractivity contribution in [3.05, 3.63) is 35.4 Å². The number of benzene rings is 1. The quantitative estimate of drug-likeness (QED) is 0.811. The van der Waals surface area contributed by atoms with Gasteiger partial charge in [-0.15, -0.1) is 0 Å². The zero-order chi connectivity index (χ0) is 12.3. The molecule has 1 nitrogen and oxygen atoms in total. The molecule has 1 aromatic rings. The number of rotatable bonds is 4. The molecule has 0 spiro atoms. The van der Waals surface area contributed by atoms with Crippen LogP contribution in [0.15, 0.2) is 24.3 Å². The average Bonchev–Trinajstić information content (AvgIpc) is 2.16. The molecule has 1 atom stereocenters. The summed E-state index contributed by atoms with van der Waals surface area (Å²) in [5, 5.41) is 10.4. The maximum Gasteiger partial charge on any atom is 0.0871 e. The van der Waals surface area contributed by atoms with Crippen LogP contribution >= 0.6 is 0 Å². The van der Waals surface area contributed by atoms with Gasteiger partial charge in [0.05, 0.1) is 5.60 Å². The normalized spacial score (nSPS) is 15.5. The lowest BCUT2D eigenvalue weighted by Crippen LogP contribution is -2.23. The Bertz CT molecular complexity index is 320. The van der Waals surface area contributed by atoms with E-state index in [1.165, 1.54) is 5.56 Å². The predicted molar refractivity (Wildman–Crippen MR) is 69.6 cm³/mol. The summed E-state index contributed by atoms with van der Waals surface area (Å²) in [6.45, 7) is 10.5. The fourth-order valence-electron chi connectivity index (χ4n) is 2.14. The number of aliphatic hydroxyl groups is 1.